The van der Waals surface area contributed by atoms with Crippen LogP contribution in [0, 0.1) is 52.3 Å². The molecule has 0 amide bonds. The predicted octanol–water partition coefficient (Wildman–Crippen LogP) is 1.99. The summed E-state index contributed by atoms with van der Waals surface area (Å²) < 4.78 is 27.1. The highest BCUT2D eigenvalue weighted by Crippen LogP contribution is 2.83. The minimum Gasteiger partial charge on any atom is -0.469 e. The zero-order chi connectivity index (χ0) is 39.7. The van der Waals surface area contributed by atoms with E-state index >= 15 is 0 Å². The van der Waals surface area contributed by atoms with Crippen molar-refractivity contribution in [3.8, 4) is 0 Å². The van der Waals surface area contributed by atoms with Crippen LogP contribution in [-0.2, 0) is 52.5 Å². The van der Waals surface area contributed by atoms with Crippen molar-refractivity contribution in [2.75, 3.05) is 34.0 Å². The zero-order valence-electron chi connectivity index (χ0n) is 31.9. The molecule has 0 aromatic heterocycles. The van der Waals surface area contributed by atoms with E-state index in [-0.39, 0.29) is 72.9 Å². The average molecular weight is 765 g/mol. The quantitative estimate of drug-likeness (QED) is 0.126. The molecule has 7 aliphatic carbocycles. The van der Waals surface area contributed by atoms with E-state index in [1.807, 2.05) is 6.92 Å². The Labute approximate surface area is 317 Å². The van der Waals surface area contributed by atoms with Gasteiger partial charge < -0.3 is 39.0 Å². The number of aliphatic hydroxyl groups is 3. The number of carbonyl (C=O) groups excluding carboxylic acids is 6. The number of fused-ring (bicyclic) bond motifs is 7. The number of esters is 5. The van der Waals surface area contributed by atoms with E-state index in [0.717, 1.165) is 17.6 Å². The maximum absolute atomic E-state index is 14.5. The van der Waals surface area contributed by atoms with Gasteiger partial charge in [0.1, 0.15) is 30.5 Å². The van der Waals surface area contributed by atoms with Crippen LogP contribution in [0.5, 0.6) is 0 Å². The van der Waals surface area contributed by atoms with E-state index in [4.69, 9.17) is 18.9 Å². The van der Waals surface area contributed by atoms with Crippen molar-refractivity contribution in [1.82, 2.24) is 0 Å². The molecule has 55 heavy (non-hydrogen) atoms. The van der Waals surface area contributed by atoms with Gasteiger partial charge in [0.25, 0.3) is 0 Å². The predicted molar refractivity (Wildman–Crippen MR) is 187 cm³/mol. The fraction of sp³-hybridized carbons (Fsp3) is 0.659. The minimum absolute atomic E-state index is 0.00872. The number of methoxy groups -OCH3 is 2. The molecule has 0 bridgehead atoms. The van der Waals surface area contributed by atoms with Crippen LogP contribution in [0.2, 0.25) is 0 Å². The Morgan fingerprint density at radius 2 is 1.64 bits per heavy atom. The number of aliphatic hydroxyl groups excluding tert-OH is 2. The molecule has 14 nitrogen and oxygen atoms in total. The molecule has 0 aromatic rings. The number of Topliss-reactive ketones (excluding diaryl/α,β-unsaturated/α-hetero) is 1. The van der Waals surface area contributed by atoms with Gasteiger partial charge in [-0.3, -0.25) is 14.4 Å². The molecule has 8 aliphatic rings. The monoisotopic (exact) mass is 764 g/mol. The summed E-state index contributed by atoms with van der Waals surface area (Å²) in [6.45, 7) is 5.89. The summed E-state index contributed by atoms with van der Waals surface area (Å²) in [6, 6.07) is 0. The molecule has 1 heterocycles. The van der Waals surface area contributed by atoms with Gasteiger partial charge in [0.05, 0.1) is 45.2 Å². The van der Waals surface area contributed by atoms with Gasteiger partial charge in [-0.1, -0.05) is 19.4 Å². The molecule has 12 atom stereocenters. The second kappa shape index (κ2) is 12.4. The number of carbonyl (C=O) groups is 6. The van der Waals surface area contributed by atoms with Crippen LogP contribution in [0.4, 0.5) is 0 Å². The van der Waals surface area contributed by atoms with Crippen molar-refractivity contribution in [3.63, 3.8) is 0 Å². The molecule has 296 valence electrons. The molecule has 3 N–H and O–H groups in total. The van der Waals surface area contributed by atoms with Gasteiger partial charge in [0.2, 0.25) is 0 Å². The standard InChI is InChI=1S/C41H48O14/c1-17(15-53-29(44)8-7-28(43)51-5)9-30(45)54-16-40(50)25-12-24(25)38(3)26(40)13-23-21(14-42)37(49)55-41(23)27(38)11-20-19-10-22(19)39(4)32(20)33(41)31(34(46)35(39)47)18(2)36(48)52-6/h9,19,22,24-27,33,35,42,47,50H,7-8,10-16H2,1-6H3/b17-9+,31-18-/t19-,22-,24-,25+,26-,27+,33+,35+,38+,39+,40+,41+/m1/s1. The first kappa shape index (κ1) is 37.8. The van der Waals surface area contributed by atoms with Crippen molar-refractivity contribution in [3.05, 3.63) is 45.1 Å². The van der Waals surface area contributed by atoms with E-state index in [9.17, 15) is 44.1 Å². The van der Waals surface area contributed by atoms with E-state index < -0.39 is 88.1 Å². The molecule has 8 rings (SSSR count). The van der Waals surface area contributed by atoms with Crippen molar-refractivity contribution in [2.45, 2.75) is 83.5 Å². The van der Waals surface area contributed by atoms with Crippen LogP contribution in [0.25, 0.3) is 0 Å². The van der Waals surface area contributed by atoms with Gasteiger partial charge in [-0.25, -0.2) is 14.4 Å². The average Bonchev–Trinajstić information content (AvgIpc) is 4.08. The summed E-state index contributed by atoms with van der Waals surface area (Å²) in [5, 5.41) is 35.1. The molecule has 1 spiro atoms. The summed E-state index contributed by atoms with van der Waals surface area (Å²) in [5.41, 5.74) is -1.67. The summed E-state index contributed by atoms with van der Waals surface area (Å²) >= 11 is 0. The molecule has 5 saturated carbocycles. The number of hydrogen-bond donors (Lipinski definition) is 3. The van der Waals surface area contributed by atoms with Gasteiger partial charge in [-0.05, 0) is 85.3 Å². The Balaban J connectivity index is 1.15. The number of ketones is 1. The third-order valence-corrected chi connectivity index (χ3v) is 15.1. The van der Waals surface area contributed by atoms with E-state index in [1.54, 1.807) is 6.92 Å². The molecule has 0 aromatic carbocycles. The first-order valence-electron chi connectivity index (χ1n) is 19.1. The first-order valence-corrected chi connectivity index (χ1v) is 19.1. The second-order valence-electron chi connectivity index (χ2n) is 17.4. The maximum atomic E-state index is 14.5. The SMILES string of the molecule is COC(=O)CCC(=O)OC/C(C)=C/C(=O)OC[C@]1(O)[C@H]2C[C@H]2[C@]2(C)[C@@H]3CC4=C5[C@H](/C(=C(\C)C(=O)OC)C(=O)[C@H](O)[C@@]5(C)[C@@H]5C[C@H]45)[C@@]34OC(=O)C(CO)=C4C[C@@H]12. The second-order valence-corrected chi connectivity index (χ2v) is 17.4. The highest BCUT2D eigenvalue weighted by atomic mass is 16.6. The Morgan fingerprint density at radius 3 is 2.31 bits per heavy atom. The molecule has 14 heteroatoms. The van der Waals surface area contributed by atoms with E-state index in [1.165, 1.54) is 27.2 Å². The van der Waals surface area contributed by atoms with Gasteiger partial charge in [0, 0.05) is 34.5 Å². The summed E-state index contributed by atoms with van der Waals surface area (Å²) in [7, 11) is 2.44. The molecule has 0 saturated heterocycles. The fourth-order valence-corrected chi connectivity index (χ4v) is 12.6. The first-order chi connectivity index (χ1) is 26.0. The van der Waals surface area contributed by atoms with E-state index in [2.05, 4.69) is 11.7 Å². The normalized spacial score (nSPS) is 42.2. The molecule has 0 radical (unpaired) electrons. The Morgan fingerprint density at radius 1 is 0.927 bits per heavy atom. The highest BCUT2D eigenvalue weighted by Gasteiger charge is 2.84. The van der Waals surface area contributed by atoms with E-state index in [0.29, 0.717) is 24.0 Å². The Hall–Kier alpha value is -4.14. The molecule has 1 aliphatic heterocycles. The summed E-state index contributed by atoms with van der Waals surface area (Å²) in [6.07, 6.45) is 1.49. The van der Waals surface area contributed by atoms with Crippen LogP contribution >= 0.6 is 0 Å². The highest BCUT2D eigenvalue weighted by molar-refractivity contribution is 6.09. The molecule has 0 unspecified atom stereocenters. The van der Waals surface area contributed by atoms with Crippen LogP contribution < -0.4 is 0 Å². The largest absolute Gasteiger partial charge is 0.469 e. The molecular formula is C41H48O14. The van der Waals surface area contributed by atoms with Gasteiger partial charge in [0.15, 0.2) is 5.78 Å². The van der Waals surface area contributed by atoms with Crippen LogP contribution in [-0.4, -0.2) is 102 Å². The molecular weight excluding hydrogens is 716 g/mol. The van der Waals surface area contributed by atoms with Crippen molar-refractivity contribution in [2.24, 2.45) is 52.3 Å². The maximum Gasteiger partial charge on any atom is 0.337 e. The summed E-state index contributed by atoms with van der Waals surface area (Å²) in [4.78, 5) is 78.0. The fourth-order valence-electron chi connectivity index (χ4n) is 12.6. The van der Waals surface area contributed by atoms with Gasteiger partial charge >= 0.3 is 29.8 Å². The number of ether oxygens (including phenoxy) is 5. The van der Waals surface area contributed by atoms with Crippen molar-refractivity contribution in [1.29, 1.82) is 0 Å². The number of hydrogen-bond acceptors (Lipinski definition) is 14. The Bertz CT molecular complexity index is 1970. The molecule has 5 fully saturated rings. The smallest absolute Gasteiger partial charge is 0.337 e. The summed E-state index contributed by atoms with van der Waals surface area (Å²) in [5.74, 6) is -6.07. The minimum atomic E-state index is -1.51. The van der Waals surface area contributed by atoms with Gasteiger partial charge in [-0.15, -0.1) is 0 Å². The zero-order valence-corrected chi connectivity index (χ0v) is 31.9. The number of rotatable bonds is 10. The lowest BCUT2D eigenvalue weighted by atomic mass is 9.42. The van der Waals surface area contributed by atoms with Crippen molar-refractivity contribution < 1.29 is 67.8 Å². The lowest BCUT2D eigenvalue weighted by molar-refractivity contribution is -0.191. The van der Waals surface area contributed by atoms with Crippen molar-refractivity contribution >= 4 is 35.6 Å². The van der Waals surface area contributed by atoms with Crippen LogP contribution in [0.1, 0.15) is 66.2 Å². The Kier molecular flexibility index (Phi) is 8.54. The third kappa shape index (κ3) is 4.89. The lowest BCUT2D eigenvalue weighted by Crippen LogP contribution is -2.67. The van der Waals surface area contributed by atoms with Gasteiger partial charge in [-0.2, -0.15) is 0 Å². The topological polar surface area (TPSA) is 209 Å². The third-order valence-electron chi connectivity index (χ3n) is 15.1. The number of allylic oxidation sites excluding steroid dienone is 1. The van der Waals surface area contributed by atoms with Crippen LogP contribution in [0.3, 0.4) is 0 Å². The lowest BCUT2D eigenvalue weighted by Gasteiger charge is -2.63. The van der Waals surface area contributed by atoms with Crippen LogP contribution in [0.15, 0.2) is 45.1 Å².